The third kappa shape index (κ3) is 3.13. The molecule has 0 amide bonds. The lowest BCUT2D eigenvalue weighted by molar-refractivity contribution is 0.653. The van der Waals surface area contributed by atoms with Crippen molar-refractivity contribution in [1.82, 2.24) is 9.97 Å². The molecule has 0 spiro atoms. The number of nitrogens with one attached hydrogen (secondary N) is 1. The van der Waals surface area contributed by atoms with Gasteiger partial charge in [0.2, 0.25) is 0 Å². The van der Waals surface area contributed by atoms with Crippen LogP contribution in [0.15, 0.2) is 9.27 Å². The molecule has 2 heterocycles. The summed E-state index contributed by atoms with van der Waals surface area (Å²) in [6, 6.07) is 0. The minimum atomic E-state index is -0.0374. The quantitative estimate of drug-likeness (QED) is 0.929. The number of H-pyrrole nitrogens is 1. The topological polar surface area (TPSA) is 45.8 Å². The van der Waals surface area contributed by atoms with Crippen LogP contribution in [0.25, 0.3) is 0 Å². The first-order valence-electron chi connectivity index (χ1n) is 6.12. The van der Waals surface area contributed by atoms with Gasteiger partial charge in [-0.1, -0.05) is 19.8 Å². The van der Waals surface area contributed by atoms with Crippen molar-refractivity contribution in [2.24, 2.45) is 0 Å². The van der Waals surface area contributed by atoms with E-state index < -0.39 is 0 Å². The number of nitrogens with zero attached hydrogens (tertiary/aromatic N) is 1. The normalized spacial score (nSPS) is 20.5. The van der Waals surface area contributed by atoms with Crippen LogP contribution < -0.4 is 5.56 Å². The second kappa shape index (κ2) is 6.05. The predicted octanol–water partition coefficient (Wildman–Crippen LogP) is 3.44. The number of hydrogen-bond donors (Lipinski definition) is 1. The standard InChI is InChI=1S/C12H17BrN2OS/c1-2-5-8-10(13)12(16)15-11(14-8)9-6-3-4-7-17-9/h9H,2-7H2,1H3,(H,14,15,16). The van der Waals surface area contributed by atoms with Gasteiger partial charge in [0, 0.05) is 0 Å². The molecule has 0 saturated carbocycles. The first-order chi connectivity index (χ1) is 8.22. The zero-order valence-electron chi connectivity index (χ0n) is 9.96. The predicted molar refractivity (Wildman–Crippen MR) is 75.6 cm³/mol. The number of halogens is 1. The third-order valence-electron chi connectivity index (χ3n) is 2.92. The van der Waals surface area contributed by atoms with Crippen LogP contribution in [0, 0.1) is 0 Å². The van der Waals surface area contributed by atoms with Crippen molar-refractivity contribution in [3.05, 3.63) is 26.3 Å². The van der Waals surface area contributed by atoms with Crippen LogP contribution in [0.4, 0.5) is 0 Å². The Morgan fingerprint density at radius 1 is 1.53 bits per heavy atom. The summed E-state index contributed by atoms with van der Waals surface area (Å²) in [5.41, 5.74) is 0.863. The van der Waals surface area contributed by atoms with E-state index >= 15 is 0 Å². The Balaban J connectivity index is 2.30. The fourth-order valence-electron chi connectivity index (χ4n) is 2.04. The maximum atomic E-state index is 11.8. The summed E-state index contributed by atoms with van der Waals surface area (Å²) in [4.78, 5) is 19.4. The molecule has 5 heteroatoms. The van der Waals surface area contributed by atoms with Crippen molar-refractivity contribution in [3.8, 4) is 0 Å². The summed E-state index contributed by atoms with van der Waals surface area (Å²) in [7, 11) is 0. The molecule has 0 aromatic carbocycles. The van der Waals surface area contributed by atoms with Crippen molar-refractivity contribution in [2.75, 3.05) is 5.75 Å². The van der Waals surface area contributed by atoms with Gasteiger partial charge in [-0.25, -0.2) is 4.98 Å². The highest BCUT2D eigenvalue weighted by molar-refractivity contribution is 9.10. The van der Waals surface area contributed by atoms with Crippen LogP contribution in [0.3, 0.4) is 0 Å². The molecule has 1 fully saturated rings. The Hall–Kier alpha value is -0.290. The monoisotopic (exact) mass is 316 g/mol. The van der Waals surface area contributed by atoms with E-state index in [9.17, 15) is 4.79 Å². The lowest BCUT2D eigenvalue weighted by Crippen LogP contribution is -2.18. The highest BCUT2D eigenvalue weighted by Gasteiger charge is 2.20. The molecule has 1 atom stereocenters. The zero-order valence-corrected chi connectivity index (χ0v) is 12.4. The van der Waals surface area contributed by atoms with Crippen molar-refractivity contribution in [3.63, 3.8) is 0 Å². The van der Waals surface area contributed by atoms with Crippen LogP contribution in [0.1, 0.15) is 49.4 Å². The Morgan fingerprint density at radius 3 is 3.00 bits per heavy atom. The number of aromatic nitrogens is 2. The van der Waals surface area contributed by atoms with Gasteiger partial charge in [-0.2, -0.15) is 11.8 Å². The number of rotatable bonds is 3. The highest BCUT2D eigenvalue weighted by atomic mass is 79.9. The van der Waals surface area contributed by atoms with E-state index in [1.54, 1.807) is 0 Å². The van der Waals surface area contributed by atoms with E-state index in [1.165, 1.54) is 18.6 Å². The molecule has 3 nitrogen and oxygen atoms in total. The highest BCUT2D eigenvalue weighted by Crippen LogP contribution is 2.36. The minimum absolute atomic E-state index is 0.0374. The molecule has 94 valence electrons. The van der Waals surface area contributed by atoms with Crippen LogP contribution in [-0.2, 0) is 6.42 Å². The number of aromatic amines is 1. The van der Waals surface area contributed by atoms with Crippen molar-refractivity contribution in [2.45, 2.75) is 44.3 Å². The van der Waals surface area contributed by atoms with Gasteiger partial charge in [-0.3, -0.25) is 4.79 Å². The van der Waals surface area contributed by atoms with Gasteiger partial charge in [0.1, 0.15) is 10.3 Å². The number of hydrogen-bond acceptors (Lipinski definition) is 3. The van der Waals surface area contributed by atoms with Gasteiger partial charge in [0.05, 0.1) is 10.9 Å². The second-order valence-corrected chi connectivity index (χ2v) is 6.42. The fourth-order valence-corrected chi connectivity index (χ4v) is 3.68. The molecule has 1 N–H and O–H groups in total. The maximum absolute atomic E-state index is 11.8. The maximum Gasteiger partial charge on any atom is 0.265 e. The molecular formula is C12H17BrN2OS. The Kier molecular flexibility index (Phi) is 4.68. The number of aryl methyl sites for hydroxylation is 1. The molecule has 1 saturated heterocycles. The van der Waals surface area contributed by atoms with E-state index in [-0.39, 0.29) is 5.56 Å². The van der Waals surface area contributed by atoms with Gasteiger partial charge in [-0.05, 0) is 40.9 Å². The van der Waals surface area contributed by atoms with Crippen LogP contribution >= 0.6 is 27.7 Å². The summed E-state index contributed by atoms with van der Waals surface area (Å²) >= 11 is 5.24. The summed E-state index contributed by atoms with van der Waals surface area (Å²) in [5.74, 6) is 2.04. The third-order valence-corrected chi connectivity index (χ3v) is 5.12. The molecule has 0 radical (unpaired) electrons. The zero-order chi connectivity index (χ0) is 12.3. The molecule has 1 aromatic heterocycles. The van der Waals surface area contributed by atoms with Gasteiger partial charge in [-0.15, -0.1) is 0 Å². The average molecular weight is 317 g/mol. The molecule has 0 aliphatic carbocycles. The van der Waals surface area contributed by atoms with Crippen LogP contribution in [0.5, 0.6) is 0 Å². The summed E-state index contributed by atoms with van der Waals surface area (Å²) < 4.78 is 0.601. The first kappa shape index (κ1) is 13.1. The Labute approximate surface area is 114 Å². The van der Waals surface area contributed by atoms with Gasteiger partial charge in [0.15, 0.2) is 0 Å². The van der Waals surface area contributed by atoms with Crippen molar-refractivity contribution >= 4 is 27.7 Å². The summed E-state index contributed by atoms with van der Waals surface area (Å²) in [6.45, 7) is 2.10. The largest absolute Gasteiger partial charge is 0.309 e. The molecule has 1 aliphatic heterocycles. The molecule has 1 unspecified atom stereocenters. The lowest BCUT2D eigenvalue weighted by atomic mass is 10.1. The van der Waals surface area contributed by atoms with E-state index in [0.717, 1.165) is 30.8 Å². The smallest absolute Gasteiger partial charge is 0.265 e. The van der Waals surface area contributed by atoms with E-state index in [2.05, 4.69) is 32.8 Å². The molecule has 17 heavy (non-hydrogen) atoms. The van der Waals surface area contributed by atoms with Crippen molar-refractivity contribution < 1.29 is 0 Å². The van der Waals surface area contributed by atoms with Crippen LogP contribution in [-0.4, -0.2) is 15.7 Å². The van der Waals surface area contributed by atoms with Gasteiger partial charge < -0.3 is 4.98 Å². The lowest BCUT2D eigenvalue weighted by Gasteiger charge is -2.20. The van der Waals surface area contributed by atoms with E-state index in [4.69, 9.17) is 0 Å². The molecule has 1 aliphatic rings. The fraction of sp³-hybridized carbons (Fsp3) is 0.667. The van der Waals surface area contributed by atoms with Crippen molar-refractivity contribution in [1.29, 1.82) is 0 Å². The second-order valence-electron chi connectivity index (χ2n) is 4.32. The average Bonchev–Trinajstić information content (AvgIpc) is 2.36. The summed E-state index contributed by atoms with van der Waals surface area (Å²) in [5, 5.41) is 0.375. The molecule has 2 rings (SSSR count). The van der Waals surface area contributed by atoms with E-state index in [0.29, 0.717) is 9.72 Å². The molecule has 1 aromatic rings. The molecular weight excluding hydrogens is 300 g/mol. The molecule has 0 bridgehead atoms. The Morgan fingerprint density at radius 2 is 2.35 bits per heavy atom. The Bertz CT molecular complexity index is 441. The minimum Gasteiger partial charge on any atom is -0.309 e. The van der Waals surface area contributed by atoms with E-state index in [1.807, 2.05) is 11.8 Å². The SMILES string of the molecule is CCCc1nc(C2CCCCS2)[nH]c(=O)c1Br. The first-order valence-corrected chi connectivity index (χ1v) is 7.96. The summed E-state index contributed by atoms with van der Waals surface area (Å²) in [6.07, 6.45) is 5.51. The van der Waals surface area contributed by atoms with Gasteiger partial charge >= 0.3 is 0 Å². The number of thioether (sulfide) groups is 1. The van der Waals surface area contributed by atoms with Crippen LogP contribution in [0.2, 0.25) is 0 Å². The van der Waals surface area contributed by atoms with Gasteiger partial charge in [0.25, 0.3) is 5.56 Å².